The molecule has 0 saturated carbocycles. The number of amides is 2. The highest BCUT2D eigenvalue weighted by Gasteiger charge is 2.14. The van der Waals surface area contributed by atoms with E-state index >= 15 is 0 Å². The van der Waals surface area contributed by atoms with E-state index in [-0.39, 0.29) is 12.3 Å². The summed E-state index contributed by atoms with van der Waals surface area (Å²) in [4.78, 5) is 23.6. The van der Waals surface area contributed by atoms with Crippen molar-refractivity contribution in [3.8, 4) is 5.75 Å². The Hall–Kier alpha value is -2.53. The van der Waals surface area contributed by atoms with Crippen LogP contribution in [0.2, 0.25) is 5.02 Å². The summed E-state index contributed by atoms with van der Waals surface area (Å²) in [5, 5.41) is 14.8. The molecule has 0 aromatic heterocycles. The Bertz CT molecular complexity index is 716. The average Bonchev–Trinajstić information content (AvgIpc) is 2.49. The Labute approximate surface area is 132 Å². The van der Waals surface area contributed by atoms with Gasteiger partial charge in [0.2, 0.25) is 0 Å². The standard InChI is InChI=1S/C16H15ClN2O3/c1-10-8-12(20)6-7-14(10)19-16(22)15(21)18-9-11-4-2-3-5-13(11)17/h2-8,20H,9H2,1H3,(H,18,21)(H,19,22). The number of rotatable bonds is 3. The molecule has 114 valence electrons. The number of aryl methyl sites for hydroxylation is 1. The number of phenols is 1. The Morgan fingerprint density at radius 3 is 2.55 bits per heavy atom. The first-order chi connectivity index (χ1) is 10.5. The van der Waals surface area contributed by atoms with Crippen LogP contribution >= 0.6 is 11.6 Å². The van der Waals surface area contributed by atoms with Gasteiger partial charge < -0.3 is 15.7 Å². The second kappa shape index (κ2) is 6.95. The fraction of sp³-hybridized carbons (Fsp3) is 0.125. The topological polar surface area (TPSA) is 78.4 Å². The highest BCUT2D eigenvalue weighted by molar-refractivity contribution is 6.39. The van der Waals surface area contributed by atoms with Crippen LogP contribution < -0.4 is 10.6 Å². The Balaban J connectivity index is 1.95. The Morgan fingerprint density at radius 2 is 1.86 bits per heavy atom. The second-order valence-electron chi connectivity index (χ2n) is 4.73. The number of benzene rings is 2. The van der Waals surface area contributed by atoms with Gasteiger partial charge in [-0.05, 0) is 42.3 Å². The van der Waals surface area contributed by atoms with Crippen LogP contribution in [-0.2, 0) is 16.1 Å². The minimum absolute atomic E-state index is 0.0960. The predicted molar refractivity (Wildman–Crippen MR) is 84.8 cm³/mol. The van der Waals surface area contributed by atoms with E-state index in [4.69, 9.17) is 11.6 Å². The predicted octanol–water partition coefficient (Wildman–Crippen LogP) is 2.61. The maximum absolute atomic E-state index is 11.8. The number of carbonyl (C=O) groups is 2. The first-order valence-electron chi connectivity index (χ1n) is 6.59. The molecule has 6 heteroatoms. The summed E-state index contributed by atoms with van der Waals surface area (Å²) in [5.74, 6) is -1.44. The van der Waals surface area contributed by atoms with Crippen LogP contribution in [0.5, 0.6) is 5.75 Å². The van der Waals surface area contributed by atoms with Crippen molar-refractivity contribution in [2.75, 3.05) is 5.32 Å². The molecule has 0 radical (unpaired) electrons. The third kappa shape index (κ3) is 3.99. The van der Waals surface area contributed by atoms with Crippen molar-refractivity contribution < 1.29 is 14.7 Å². The summed E-state index contributed by atoms with van der Waals surface area (Å²) in [6.45, 7) is 1.89. The molecule has 5 nitrogen and oxygen atoms in total. The normalized spacial score (nSPS) is 10.1. The van der Waals surface area contributed by atoms with Gasteiger partial charge in [0.25, 0.3) is 0 Å². The lowest BCUT2D eigenvalue weighted by Gasteiger charge is -2.09. The van der Waals surface area contributed by atoms with Crippen LogP contribution in [0.15, 0.2) is 42.5 Å². The molecule has 3 N–H and O–H groups in total. The Morgan fingerprint density at radius 1 is 1.14 bits per heavy atom. The van der Waals surface area contributed by atoms with Crippen molar-refractivity contribution in [1.82, 2.24) is 5.32 Å². The van der Waals surface area contributed by atoms with Crippen LogP contribution in [0.1, 0.15) is 11.1 Å². The van der Waals surface area contributed by atoms with E-state index in [1.807, 2.05) is 0 Å². The zero-order valence-corrected chi connectivity index (χ0v) is 12.6. The zero-order valence-electron chi connectivity index (χ0n) is 11.9. The summed E-state index contributed by atoms with van der Waals surface area (Å²) < 4.78 is 0. The SMILES string of the molecule is Cc1cc(O)ccc1NC(=O)C(=O)NCc1ccccc1Cl. The van der Waals surface area contributed by atoms with Crippen molar-refractivity contribution in [2.24, 2.45) is 0 Å². The molecule has 0 bridgehead atoms. The fourth-order valence-electron chi connectivity index (χ4n) is 1.86. The van der Waals surface area contributed by atoms with E-state index in [2.05, 4.69) is 10.6 Å². The second-order valence-corrected chi connectivity index (χ2v) is 5.13. The van der Waals surface area contributed by atoms with Crippen LogP contribution in [0.3, 0.4) is 0 Å². The van der Waals surface area contributed by atoms with Gasteiger partial charge in [0, 0.05) is 17.3 Å². The average molecular weight is 319 g/mol. The van der Waals surface area contributed by atoms with Gasteiger partial charge in [-0.3, -0.25) is 9.59 Å². The molecule has 0 atom stereocenters. The largest absolute Gasteiger partial charge is 0.508 e. The minimum atomic E-state index is -0.777. The number of aromatic hydroxyl groups is 1. The molecule has 0 fully saturated rings. The van der Waals surface area contributed by atoms with E-state index in [0.717, 1.165) is 5.56 Å². The summed E-state index contributed by atoms with van der Waals surface area (Å²) in [6, 6.07) is 11.5. The highest BCUT2D eigenvalue weighted by Crippen LogP contribution is 2.20. The molecular weight excluding hydrogens is 304 g/mol. The van der Waals surface area contributed by atoms with E-state index in [9.17, 15) is 14.7 Å². The maximum atomic E-state index is 11.8. The van der Waals surface area contributed by atoms with Crippen molar-refractivity contribution in [1.29, 1.82) is 0 Å². The fourth-order valence-corrected chi connectivity index (χ4v) is 2.07. The van der Waals surface area contributed by atoms with Gasteiger partial charge in [0.05, 0.1) is 0 Å². The van der Waals surface area contributed by atoms with Crippen molar-refractivity contribution >= 4 is 29.1 Å². The lowest BCUT2D eigenvalue weighted by molar-refractivity contribution is -0.136. The van der Waals surface area contributed by atoms with Gasteiger partial charge in [-0.15, -0.1) is 0 Å². The third-order valence-corrected chi connectivity index (χ3v) is 3.43. The number of phenolic OH excluding ortho intramolecular Hbond substituents is 1. The summed E-state index contributed by atoms with van der Waals surface area (Å²) in [5.41, 5.74) is 1.86. The molecule has 0 aliphatic rings. The first kappa shape index (κ1) is 15.9. The van der Waals surface area contributed by atoms with E-state index in [1.165, 1.54) is 18.2 Å². The van der Waals surface area contributed by atoms with Gasteiger partial charge >= 0.3 is 11.8 Å². The van der Waals surface area contributed by atoms with Gasteiger partial charge in [0.1, 0.15) is 5.75 Å². The summed E-state index contributed by atoms with van der Waals surface area (Å²) in [6.07, 6.45) is 0. The molecule has 0 unspecified atom stereocenters. The van der Waals surface area contributed by atoms with Crippen LogP contribution in [-0.4, -0.2) is 16.9 Å². The van der Waals surface area contributed by atoms with Gasteiger partial charge in [-0.2, -0.15) is 0 Å². The molecule has 2 rings (SSSR count). The van der Waals surface area contributed by atoms with Crippen LogP contribution in [0.4, 0.5) is 5.69 Å². The molecule has 0 aliphatic heterocycles. The Kier molecular flexibility index (Phi) is 5.01. The summed E-state index contributed by atoms with van der Waals surface area (Å²) in [7, 11) is 0. The van der Waals surface area contributed by atoms with Crippen LogP contribution in [0.25, 0.3) is 0 Å². The molecule has 2 aromatic rings. The van der Waals surface area contributed by atoms with Crippen molar-refractivity contribution in [2.45, 2.75) is 13.5 Å². The molecule has 0 aliphatic carbocycles. The lowest BCUT2D eigenvalue weighted by Crippen LogP contribution is -2.35. The maximum Gasteiger partial charge on any atom is 0.313 e. The molecule has 2 aromatic carbocycles. The molecule has 0 heterocycles. The summed E-state index contributed by atoms with van der Waals surface area (Å²) >= 11 is 5.98. The molecule has 0 spiro atoms. The molecule has 0 saturated heterocycles. The minimum Gasteiger partial charge on any atom is -0.508 e. The molecule has 2 amide bonds. The van der Waals surface area contributed by atoms with Crippen LogP contribution in [0, 0.1) is 6.92 Å². The van der Waals surface area contributed by atoms with Gasteiger partial charge in [0.15, 0.2) is 0 Å². The zero-order chi connectivity index (χ0) is 16.1. The van der Waals surface area contributed by atoms with E-state index < -0.39 is 11.8 Å². The number of hydrogen-bond acceptors (Lipinski definition) is 3. The number of anilines is 1. The lowest BCUT2D eigenvalue weighted by atomic mass is 10.2. The van der Waals surface area contributed by atoms with Crippen molar-refractivity contribution in [3.05, 3.63) is 58.6 Å². The van der Waals surface area contributed by atoms with Crippen molar-refractivity contribution in [3.63, 3.8) is 0 Å². The molecular formula is C16H15ClN2O3. The quantitative estimate of drug-likeness (QED) is 0.601. The third-order valence-electron chi connectivity index (χ3n) is 3.06. The number of hydrogen-bond donors (Lipinski definition) is 3. The number of nitrogens with one attached hydrogen (secondary N) is 2. The van der Waals surface area contributed by atoms with Gasteiger partial charge in [-0.1, -0.05) is 29.8 Å². The number of halogens is 1. The number of carbonyl (C=O) groups excluding carboxylic acids is 2. The monoisotopic (exact) mass is 318 g/mol. The first-order valence-corrected chi connectivity index (χ1v) is 6.97. The molecule has 22 heavy (non-hydrogen) atoms. The van der Waals surface area contributed by atoms with Gasteiger partial charge in [-0.25, -0.2) is 0 Å². The highest BCUT2D eigenvalue weighted by atomic mass is 35.5. The van der Waals surface area contributed by atoms with E-state index in [0.29, 0.717) is 16.3 Å². The smallest absolute Gasteiger partial charge is 0.313 e. The van der Waals surface area contributed by atoms with E-state index in [1.54, 1.807) is 31.2 Å².